The number of pyridine rings is 1. The van der Waals surface area contributed by atoms with Gasteiger partial charge in [0.1, 0.15) is 5.69 Å². The molecule has 19 heavy (non-hydrogen) atoms. The maximum absolute atomic E-state index is 12.3. The fraction of sp³-hybridized carbons (Fsp3) is 0.500. The van der Waals surface area contributed by atoms with Crippen molar-refractivity contribution >= 4 is 11.9 Å². The number of aromatic carboxylic acids is 1. The Kier molecular flexibility index (Phi) is 3.55. The highest BCUT2D eigenvalue weighted by atomic mass is 16.4. The van der Waals surface area contributed by atoms with Crippen LogP contribution in [0.4, 0.5) is 0 Å². The third kappa shape index (κ3) is 2.59. The first kappa shape index (κ1) is 13.5. The van der Waals surface area contributed by atoms with E-state index in [0.717, 1.165) is 13.1 Å². The first-order chi connectivity index (χ1) is 8.90. The molecule has 1 aliphatic rings. The van der Waals surface area contributed by atoms with E-state index in [1.54, 1.807) is 11.8 Å². The van der Waals surface area contributed by atoms with Crippen LogP contribution in [-0.2, 0) is 0 Å². The predicted molar refractivity (Wildman–Crippen MR) is 70.2 cm³/mol. The van der Waals surface area contributed by atoms with Crippen LogP contribution in [0.5, 0.6) is 0 Å². The molecule has 0 aliphatic carbocycles. The molecule has 1 fully saturated rings. The van der Waals surface area contributed by atoms with E-state index in [9.17, 15) is 9.59 Å². The molecule has 2 atom stereocenters. The Bertz CT molecular complexity index is 517. The van der Waals surface area contributed by atoms with Gasteiger partial charge in [0.15, 0.2) is 0 Å². The normalized spacial score (nSPS) is 22.6. The summed E-state index contributed by atoms with van der Waals surface area (Å²) < 4.78 is 0. The molecular weight excluding hydrogens is 244 g/mol. The number of hydrogen-bond donors (Lipinski definition) is 1. The Labute approximate surface area is 112 Å². The minimum Gasteiger partial charge on any atom is -0.478 e. The maximum atomic E-state index is 12.3. The zero-order valence-electron chi connectivity index (χ0n) is 11.4. The molecule has 0 bridgehead atoms. The van der Waals surface area contributed by atoms with Crippen LogP contribution in [0.15, 0.2) is 12.1 Å². The van der Waals surface area contributed by atoms with E-state index in [4.69, 9.17) is 5.11 Å². The average molecular weight is 262 g/mol. The first-order valence-corrected chi connectivity index (χ1v) is 6.40. The van der Waals surface area contributed by atoms with Crippen LogP contribution < -0.4 is 0 Å². The third-order valence-electron chi connectivity index (χ3n) is 3.81. The van der Waals surface area contributed by atoms with Gasteiger partial charge in [-0.1, -0.05) is 13.8 Å². The molecule has 0 saturated carbocycles. The second kappa shape index (κ2) is 4.99. The number of aromatic nitrogens is 1. The lowest BCUT2D eigenvalue weighted by Gasteiger charge is -2.15. The lowest BCUT2D eigenvalue weighted by atomic mass is 10.0. The van der Waals surface area contributed by atoms with Crippen molar-refractivity contribution in [2.75, 3.05) is 13.1 Å². The van der Waals surface area contributed by atoms with Crippen molar-refractivity contribution in [3.63, 3.8) is 0 Å². The third-order valence-corrected chi connectivity index (χ3v) is 3.81. The number of carbonyl (C=O) groups excluding carboxylic acids is 1. The summed E-state index contributed by atoms with van der Waals surface area (Å²) in [4.78, 5) is 29.1. The summed E-state index contributed by atoms with van der Waals surface area (Å²) in [6, 6.07) is 2.94. The largest absolute Gasteiger partial charge is 0.478 e. The molecule has 5 heteroatoms. The lowest BCUT2D eigenvalue weighted by molar-refractivity contribution is 0.0693. The smallest absolute Gasteiger partial charge is 0.337 e. The fourth-order valence-electron chi connectivity index (χ4n) is 2.36. The van der Waals surface area contributed by atoms with Crippen LogP contribution >= 0.6 is 0 Å². The second-order valence-electron chi connectivity index (χ2n) is 5.30. The number of carbonyl (C=O) groups is 2. The Morgan fingerprint density at radius 3 is 2.32 bits per heavy atom. The molecule has 0 radical (unpaired) electrons. The predicted octanol–water partition coefficient (Wildman–Crippen LogP) is 1.82. The van der Waals surface area contributed by atoms with Crippen LogP contribution in [0.25, 0.3) is 0 Å². The average Bonchev–Trinajstić information content (AvgIpc) is 2.68. The molecule has 1 N–H and O–H groups in total. The van der Waals surface area contributed by atoms with Gasteiger partial charge in [0.05, 0.1) is 11.3 Å². The number of amides is 1. The van der Waals surface area contributed by atoms with Gasteiger partial charge in [-0.15, -0.1) is 0 Å². The van der Waals surface area contributed by atoms with Gasteiger partial charge in [0, 0.05) is 13.1 Å². The van der Waals surface area contributed by atoms with Gasteiger partial charge in [-0.2, -0.15) is 0 Å². The van der Waals surface area contributed by atoms with Gasteiger partial charge in [-0.25, -0.2) is 9.78 Å². The van der Waals surface area contributed by atoms with Crippen molar-refractivity contribution in [1.82, 2.24) is 9.88 Å². The van der Waals surface area contributed by atoms with E-state index >= 15 is 0 Å². The van der Waals surface area contributed by atoms with Crippen molar-refractivity contribution in [2.24, 2.45) is 11.8 Å². The molecular formula is C14H18N2O3. The topological polar surface area (TPSA) is 70.5 Å². The molecule has 2 heterocycles. The highest BCUT2D eigenvalue weighted by Gasteiger charge is 2.30. The monoisotopic (exact) mass is 262 g/mol. The van der Waals surface area contributed by atoms with Crippen molar-refractivity contribution < 1.29 is 14.7 Å². The van der Waals surface area contributed by atoms with E-state index in [0.29, 0.717) is 23.2 Å². The molecule has 0 spiro atoms. The molecule has 5 nitrogen and oxygen atoms in total. The molecule has 1 saturated heterocycles. The van der Waals surface area contributed by atoms with Gasteiger partial charge in [0.25, 0.3) is 5.91 Å². The van der Waals surface area contributed by atoms with E-state index in [1.807, 2.05) is 0 Å². The molecule has 2 rings (SSSR count). The van der Waals surface area contributed by atoms with Crippen LogP contribution in [0.1, 0.15) is 40.4 Å². The van der Waals surface area contributed by atoms with Gasteiger partial charge < -0.3 is 10.0 Å². The standard InChI is InChI=1S/C14H18N2O3/c1-8-6-16(7-9(8)2)13(17)12-5-4-11(14(18)19)10(3)15-12/h4-5,8-9H,6-7H2,1-3H3,(H,18,19). The second-order valence-corrected chi connectivity index (χ2v) is 5.30. The van der Waals surface area contributed by atoms with E-state index < -0.39 is 5.97 Å². The molecule has 2 unspecified atom stereocenters. The number of nitrogens with zero attached hydrogens (tertiary/aromatic N) is 2. The molecule has 102 valence electrons. The van der Waals surface area contributed by atoms with Crippen LogP contribution in [0, 0.1) is 18.8 Å². The summed E-state index contributed by atoms with van der Waals surface area (Å²) in [6.45, 7) is 7.34. The van der Waals surface area contributed by atoms with Gasteiger partial charge >= 0.3 is 5.97 Å². The van der Waals surface area contributed by atoms with Crippen LogP contribution in [0.2, 0.25) is 0 Å². The van der Waals surface area contributed by atoms with Gasteiger partial charge in [-0.05, 0) is 30.9 Å². The Morgan fingerprint density at radius 2 is 1.84 bits per heavy atom. The quantitative estimate of drug-likeness (QED) is 0.882. The van der Waals surface area contributed by atoms with Crippen LogP contribution in [-0.4, -0.2) is 40.0 Å². The zero-order valence-corrected chi connectivity index (χ0v) is 11.4. The summed E-state index contributed by atoms with van der Waals surface area (Å²) in [7, 11) is 0. The molecule has 1 aromatic rings. The van der Waals surface area contributed by atoms with E-state index in [1.165, 1.54) is 12.1 Å². The number of hydrogen-bond acceptors (Lipinski definition) is 3. The summed E-state index contributed by atoms with van der Waals surface area (Å²) in [5.41, 5.74) is 0.835. The van der Waals surface area contributed by atoms with E-state index in [-0.39, 0.29) is 11.5 Å². The minimum absolute atomic E-state index is 0.115. The summed E-state index contributed by atoms with van der Waals surface area (Å²) in [5, 5.41) is 8.94. The maximum Gasteiger partial charge on any atom is 0.337 e. The summed E-state index contributed by atoms with van der Waals surface area (Å²) >= 11 is 0. The van der Waals surface area contributed by atoms with Crippen molar-refractivity contribution in [3.8, 4) is 0 Å². The molecule has 1 amide bonds. The number of aryl methyl sites for hydroxylation is 1. The SMILES string of the molecule is Cc1nc(C(=O)N2CC(C)C(C)C2)ccc1C(=O)O. The number of carboxylic acids is 1. The van der Waals surface area contributed by atoms with Gasteiger partial charge in [0.2, 0.25) is 0 Å². The van der Waals surface area contributed by atoms with Crippen molar-refractivity contribution in [3.05, 3.63) is 29.1 Å². The van der Waals surface area contributed by atoms with Crippen molar-refractivity contribution in [1.29, 1.82) is 0 Å². The number of rotatable bonds is 2. The fourth-order valence-corrected chi connectivity index (χ4v) is 2.36. The molecule has 1 aliphatic heterocycles. The zero-order chi connectivity index (χ0) is 14.2. The Morgan fingerprint density at radius 1 is 1.26 bits per heavy atom. The lowest BCUT2D eigenvalue weighted by Crippen LogP contribution is -2.29. The highest BCUT2D eigenvalue weighted by molar-refractivity contribution is 5.94. The summed E-state index contributed by atoms with van der Waals surface area (Å²) in [6.07, 6.45) is 0. The Hall–Kier alpha value is -1.91. The van der Waals surface area contributed by atoms with E-state index in [2.05, 4.69) is 18.8 Å². The molecule has 0 aromatic carbocycles. The minimum atomic E-state index is -1.02. The number of carboxylic acid groups (broad SMARTS) is 1. The Balaban J connectivity index is 2.21. The molecule has 1 aromatic heterocycles. The van der Waals surface area contributed by atoms with Crippen molar-refractivity contribution in [2.45, 2.75) is 20.8 Å². The van der Waals surface area contributed by atoms with Crippen LogP contribution in [0.3, 0.4) is 0 Å². The summed E-state index contributed by atoms with van der Waals surface area (Å²) in [5.74, 6) is -0.157. The first-order valence-electron chi connectivity index (χ1n) is 6.40. The number of likely N-dealkylation sites (tertiary alicyclic amines) is 1. The highest BCUT2D eigenvalue weighted by Crippen LogP contribution is 2.23. The van der Waals surface area contributed by atoms with Gasteiger partial charge in [-0.3, -0.25) is 4.79 Å².